The zero-order chi connectivity index (χ0) is 44.3. The summed E-state index contributed by atoms with van der Waals surface area (Å²) >= 11 is 0. The summed E-state index contributed by atoms with van der Waals surface area (Å²) in [6.45, 7) is 17.9. The second-order valence-electron chi connectivity index (χ2n) is 19.5. The van der Waals surface area contributed by atoms with Crippen LogP contribution in [0.15, 0.2) is 108 Å². The van der Waals surface area contributed by atoms with Crippen molar-refractivity contribution in [1.82, 2.24) is 0 Å². The van der Waals surface area contributed by atoms with Crippen molar-refractivity contribution in [3.8, 4) is 0 Å². The normalized spacial score (nSPS) is 24.3. The Hall–Kier alpha value is -6.48. The van der Waals surface area contributed by atoms with E-state index in [1.807, 2.05) is 79.7 Å². The van der Waals surface area contributed by atoms with E-state index in [-0.39, 0.29) is 45.4 Å². The Labute approximate surface area is 367 Å². The van der Waals surface area contributed by atoms with Gasteiger partial charge in [-0.15, -0.1) is 0 Å². The molecule has 0 saturated carbocycles. The van der Waals surface area contributed by atoms with Crippen LogP contribution in [0.3, 0.4) is 0 Å². The smallest absolute Gasteiger partial charge is 0.231 e. The lowest BCUT2D eigenvalue weighted by molar-refractivity contribution is -0.580. The van der Waals surface area contributed by atoms with Crippen molar-refractivity contribution < 1.29 is 29.8 Å². The number of Topliss-reactive ketones (excluding diaryl/α,β-unsaturated/α-hetero) is 2. The third-order valence-corrected chi connectivity index (χ3v) is 14.0. The average Bonchev–Trinajstić information content (AvgIpc) is 3.46. The number of ketones is 2. The zero-order valence-corrected chi connectivity index (χ0v) is 37.5. The molecule has 0 aromatic heterocycles. The number of rotatable bonds is 9. The van der Waals surface area contributed by atoms with Gasteiger partial charge < -0.3 is 25.7 Å². The molecule has 2 aliphatic carbocycles. The minimum Gasteiger partial charge on any atom is -0.871 e. The standard InChI is InChI=1S/C54H55N5O4/c1-9-25-53(7)55-37-16-13-14-30-18-21-33(45(56-53)40(30)37)43-50(62)44(51(43)63)34-23-20-31-19-22-32(46-41(31)47(34)58-54(8,57-46)26-10-2)42-48(60)35(49(42)61)28-39-52(5,6)36-15-11-12-17-38(36)59(39)27-24-29(3)4/h11-23,28-29,55,58,60,62H,9-10,24-27H2,1-8H3/b39-28-,42-32-,43-33-. The number of para-hydroxylation sites is 1. The molecule has 3 heterocycles. The lowest BCUT2D eigenvalue weighted by Gasteiger charge is -2.35. The highest BCUT2D eigenvalue weighted by Gasteiger charge is 2.43. The van der Waals surface area contributed by atoms with Crippen LogP contribution < -0.4 is 56.9 Å². The monoisotopic (exact) mass is 837 g/mol. The van der Waals surface area contributed by atoms with Gasteiger partial charge in [0.05, 0.1) is 32.6 Å². The minimum absolute atomic E-state index is 0.130. The van der Waals surface area contributed by atoms with Gasteiger partial charge in [0.25, 0.3) is 0 Å². The first-order chi connectivity index (χ1) is 30.1. The SMILES string of the molecule is CCCC1(C)Nc2cccc3cc/c(=C4/C(=O)C(c5ccc6cc/c(=C7/C(=O)C(/C=C8\N(CCC(C)C)c9ccccc9C8(C)C)=C7[O-])c7c6c5NC(C)(CCC)[NH+]=7)=C4[O-])c(c23)=[NH+]1. The van der Waals surface area contributed by atoms with E-state index < -0.39 is 16.7 Å². The Morgan fingerprint density at radius 1 is 0.698 bits per heavy atom. The summed E-state index contributed by atoms with van der Waals surface area (Å²) < 4.78 is 0. The van der Waals surface area contributed by atoms with Gasteiger partial charge in [0.1, 0.15) is 0 Å². The van der Waals surface area contributed by atoms with Crippen LogP contribution >= 0.6 is 0 Å². The van der Waals surface area contributed by atoms with Crippen molar-refractivity contribution in [2.45, 2.75) is 104 Å². The molecule has 10 rings (SSSR count). The number of fused-ring (bicyclic) bond motifs is 1. The number of carbonyl (C=O) groups excluding carboxylic acids is 2. The highest BCUT2D eigenvalue weighted by molar-refractivity contribution is 6.52. The van der Waals surface area contributed by atoms with Crippen LogP contribution in [0.5, 0.6) is 0 Å². The second kappa shape index (κ2) is 14.3. The maximum atomic E-state index is 14.6. The van der Waals surface area contributed by atoms with E-state index in [2.05, 4.69) is 86.1 Å². The third-order valence-electron chi connectivity index (χ3n) is 14.0. The molecule has 320 valence electrons. The van der Waals surface area contributed by atoms with Gasteiger partial charge in [0.15, 0.2) is 11.6 Å². The molecular weight excluding hydrogens is 783 g/mol. The summed E-state index contributed by atoms with van der Waals surface area (Å²) in [5.41, 5.74) is 4.41. The van der Waals surface area contributed by atoms with Gasteiger partial charge >= 0.3 is 0 Å². The summed E-state index contributed by atoms with van der Waals surface area (Å²) in [6.07, 6.45) is 6.08. The molecule has 9 heteroatoms. The number of anilines is 3. The molecule has 9 nitrogen and oxygen atoms in total. The summed E-state index contributed by atoms with van der Waals surface area (Å²) in [7, 11) is 0. The molecule has 4 N–H and O–H groups in total. The Morgan fingerprint density at radius 2 is 1.32 bits per heavy atom. The van der Waals surface area contributed by atoms with Crippen LogP contribution in [0, 0.1) is 5.92 Å². The number of nitrogens with zero attached hydrogens (tertiary/aromatic N) is 1. The summed E-state index contributed by atoms with van der Waals surface area (Å²) in [5.74, 6) is -0.691. The number of nitrogens with one attached hydrogen (secondary N) is 4. The van der Waals surface area contributed by atoms with Gasteiger partial charge in [-0.3, -0.25) is 9.59 Å². The van der Waals surface area contributed by atoms with Crippen LogP contribution in [-0.2, 0) is 15.0 Å². The predicted molar refractivity (Wildman–Crippen MR) is 246 cm³/mol. The first-order valence-electron chi connectivity index (χ1n) is 22.6. The van der Waals surface area contributed by atoms with E-state index in [9.17, 15) is 19.8 Å². The molecule has 0 radical (unpaired) electrons. The maximum absolute atomic E-state index is 14.6. The van der Waals surface area contributed by atoms with Gasteiger partial charge in [-0.25, -0.2) is 9.98 Å². The molecule has 5 aliphatic rings. The van der Waals surface area contributed by atoms with Crippen molar-refractivity contribution in [1.29, 1.82) is 0 Å². The Morgan fingerprint density at radius 3 is 1.97 bits per heavy atom. The Balaban J connectivity index is 1.16. The molecule has 5 aromatic carbocycles. The molecule has 2 unspecified atom stereocenters. The molecule has 63 heavy (non-hydrogen) atoms. The molecule has 0 saturated heterocycles. The first-order valence-corrected chi connectivity index (χ1v) is 22.6. The molecule has 0 spiro atoms. The van der Waals surface area contributed by atoms with Crippen LogP contribution in [-0.4, -0.2) is 29.4 Å². The fraction of sp³-hybridized carbons (Fsp3) is 0.333. The average molecular weight is 838 g/mol. The molecular formula is C54H55N5O4. The van der Waals surface area contributed by atoms with Crippen LogP contribution in [0.25, 0.3) is 38.3 Å². The maximum Gasteiger partial charge on any atom is 0.231 e. The van der Waals surface area contributed by atoms with Gasteiger partial charge in [-0.2, -0.15) is 0 Å². The van der Waals surface area contributed by atoms with E-state index in [0.29, 0.717) is 39.4 Å². The predicted octanol–water partition coefficient (Wildman–Crippen LogP) is 2.86. The number of allylic oxidation sites excluding steroid dienone is 6. The lowest BCUT2D eigenvalue weighted by atomic mass is 9.79. The van der Waals surface area contributed by atoms with Gasteiger partial charge in [-0.1, -0.05) is 108 Å². The number of benzene rings is 5. The van der Waals surface area contributed by atoms with E-state index in [0.717, 1.165) is 76.2 Å². The van der Waals surface area contributed by atoms with E-state index >= 15 is 0 Å². The molecule has 2 atom stereocenters. The fourth-order valence-corrected chi connectivity index (χ4v) is 10.9. The van der Waals surface area contributed by atoms with Crippen molar-refractivity contribution in [3.63, 3.8) is 0 Å². The third kappa shape index (κ3) is 6.02. The Kier molecular flexibility index (Phi) is 9.20. The van der Waals surface area contributed by atoms with Gasteiger partial charge in [-0.05, 0) is 71.9 Å². The van der Waals surface area contributed by atoms with Gasteiger partial charge in [0, 0.05) is 77.9 Å². The van der Waals surface area contributed by atoms with Crippen LogP contribution in [0.1, 0.15) is 98.6 Å². The van der Waals surface area contributed by atoms with Crippen LogP contribution in [0.2, 0.25) is 0 Å². The zero-order valence-electron chi connectivity index (χ0n) is 37.5. The van der Waals surface area contributed by atoms with E-state index in [1.165, 1.54) is 5.56 Å². The molecule has 0 bridgehead atoms. The lowest BCUT2D eigenvalue weighted by Crippen LogP contribution is -2.95. The quantitative estimate of drug-likeness (QED) is 0.180. The van der Waals surface area contributed by atoms with E-state index in [4.69, 9.17) is 0 Å². The topological polar surface area (TPSA) is 136 Å². The van der Waals surface area contributed by atoms with Crippen molar-refractivity contribution in [2.75, 3.05) is 22.1 Å². The Bertz CT molecular complexity index is 3260. The number of hydrogen-bond donors (Lipinski definition) is 4. The second-order valence-corrected chi connectivity index (χ2v) is 19.5. The molecule has 5 aromatic rings. The molecule has 0 amide bonds. The number of carbonyl (C=O) groups is 2. The molecule has 3 aliphatic heterocycles. The highest BCUT2D eigenvalue weighted by Crippen LogP contribution is 2.49. The first kappa shape index (κ1) is 40.6. The van der Waals surface area contributed by atoms with Crippen molar-refractivity contribution in [3.05, 3.63) is 140 Å². The summed E-state index contributed by atoms with van der Waals surface area (Å²) in [4.78, 5) is 38.7. The number of hydrogen-bond acceptors (Lipinski definition) is 7. The van der Waals surface area contributed by atoms with Crippen LogP contribution in [0.4, 0.5) is 17.1 Å². The summed E-state index contributed by atoms with van der Waals surface area (Å²) in [5, 5.41) is 42.5. The van der Waals surface area contributed by atoms with Crippen molar-refractivity contribution >= 4 is 66.9 Å². The highest BCUT2D eigenvalue weighted by atomic mass is 16.3. The minimum atomic E-state index is -0.717. The fourth-order valence-electron chi connectivity index (χ4n) is 10.9. The summed E-state index contributed by atoms with van der Waals surface area (Å²) in [6, 6.07) is 25.9. The largest absolute Gasteiger partial charge is 0.871 e. The van der Waals surface area contributed by atoms with E-state index in [1.54, 1.807) is 0 Å². The van der Waals surface area contributed by atoms with Crippen molar-refractivity contribution in [2.24, 2.45) is 5.92 Å². The van der Waals surface area contributed by atoms with Gasteiger partial charge in [0.2, 0.25) is 22.0 Å². The molecule has 0 fully saturated rings.